The highest BCUT2D eigenvalue weighted by Crippen LogP contribution is 2.46. The molecular weight excluding hydrogens is 626 g/mol. The predicted octanol–water partition coefficient (Wildman–Crippen LogP) is 5.74. The van der Waals surface area contributed by atoms with Gasteiger partial charge in [-0.05, 0) is 0 Å². The van der Waals surface area contributed by atoms with E-state index in [1.807, 2.05) is 0 Å². The van der Waals surface area contributed by atoms with Gasteiger partial charge in [-0.15, -0.1) is 0 Å². The summed E-state index contributed by atoms with van der Waals surface area (Å²) < 4.78 is 214. The maximum atomic E-state index is 13.6. The standard InChI is InChI=1S/C14H15BrF14O5S/c1-35(30,31)34-7-8(4-15,5-32-13(26,27)9(16,17)2-11(20,21)22)6-33-14(28,29)10(18,19)3-12(23,24)25/h2-7H2,1H3. The summed E-state index contributed by atoms with van der Waals surface area (Å²) in [6.07, 6.45) is -30.2. The molecule has 0 aliphatic heterocycles. The molecular formula is C14H15BrF14O5S. The van der Waals surface area contributed by atoms with E-state index < -0.39 is 89.9 Å². The molecule has 0 saturated heterocycles. The minimum absolute atomic E-state index is 0.297. The van der Waals surface area contributed by atoms with E-state index in [1.54, 1.807) is 0 Å². The molecule has 0 aliphatic rings. The van der Waals surface area contributed by atoms with Gasteiger partial charge in [-0.1, -0.05) is 15.9 Å². The Labute approximate surface area is 196 Å². The van der Waals surface area contributed by atoms with E-state index in [4.69, 9.17) is 0 Å². The monoisotopic (exact) mass is 640 g/mol. The van der Waals surface area contributed by atoms with Crippen molar-refractivity contribution in [3.63, 3.8) is 0 Å². The van der Waals surface area contributed by atoms with Gasteiger partial charge in [0.2, 0.25) is 0 Å². The third kappa shape index (κ3) is 11.5. The first kappa shape index (κ1) is 34.3. The number of hydrogen-bond acceptors (Lipinski definition) is 5. The van der Waals surface area contributed by atoms with Gasteiger partial charge in [0.25, 0.3) is 10.1 Å². The average molecular weight is 641 g/mol. The highest BCUT2D eigenvalue weighted by atomic mass is 79.9. The van der Waals surface area contributed by atoms with Crippen LogP contribution in [-0.2, 0) is 23.8 Å². The zero-order valence-electron chi connectivity index (χ0n) is 16.9. The van der Waals surface area contributed by atoms with E-state index in [1.165, 1.54) is 0 Å². The van der Waals surface area contributed by atoms with Crippen LogP contribution in [0.4, 0.5) is 61.5 Å². The Hall–Kier alpha value is -0.670. The summed E-state index contributed by atoms with van der Waals surface area (Å²) in [6.45, 7) is -5.79. The van der Waals surface area contributed by atoms with E-state index >= 15 is 0 Å². The zero-order chi connectivity index (χ0) is 28.4. The van der Waals surface area contributed by atoms with Crippen LogP contribution in [0, 0.1) is 5.41 Å². The summed E-state index contributed by atoms with van der Waals surface area (Å²) in [6, 6.07) is 0. The van der Waals surface area contributed by atoms with Crippen LogP contribution < -0.4 is 0 Å². The highest BCUT2D eigenvalue weighted by molar-refractivity contribution is 9.09. The minimum Gasteiger partial charge on any atom is -0.315 e. The molecule has 0 unspecified atom stereocenters. The topological polar surface area (TPSA) is 61.8 Å². The van der Waals surface area contributed by atoms with Crippen molar-refractivity contribution in [2.75, 3.05) is 31.4 Å². The third-order valence-corrected chi connectivity index (χ3v) is 5.41. The molecule has 0 aromatic rings. The second kappa shape index (κ2) is 11.0. The van der Waals surface area contributed by atoms with Crippen LogP contribution in [0.3, 0.4) is 0 Å². The fourth-order valence-corrected chi connectivity index (χ4v) is 2.83. The molecule has 0 fully saturated rings. The summed E-state index contributed by atoms with van der Waals surface area (Å²) in [5.74, 6) is -11.9. The highest BCUT2D eigenvalue weighted by Gasteiger charge is 2.65. The van der Waals surface area contributed by atoms with Crippen molar-refractivity contribution in [2.24, 2.45) is 5.41 Å². The molecule has 0 rings (SSSR count). The van der Waals surface area contributed by atoms with Gasteiger partial charge in [0.05, 0.1) is 31.5 Å². The maximum Gasteiger partial charge on any atom is 0.419 e. The van der Waals surface area contributed by atoms with E-state index in [0.29, 0.717) is 6.26 Å². The smallest absolute Gasteiger partial charge is 0.315 e. The second-order valence-electron chi connectivity index (χ2n) is 7.20. The first-order chi connectivity index (χ1) is 15.1. The number of ether oxygens (including phenoxy) is 2. The number of hydrogen-bond donors (Lipinski definition) is 0. The van der Waals surface area contributed by atoms with Gasteiger partial charge in [-0.2, -0.15) is 69.9 Å². The van der Waals surface area contributed by atoms with Crippen LogP contribution in [0.2, 0.25) is 0 Å². The summed E-state index contributed by atoms with van der Waals surface area (Å²) in [5, 5.41) is -1.11. The van der Waals surface area contributed by atoms with Crippen molar-refractivity contribution in [1.82, 2.24) is 0 Å². The van der Waals surface area contributed by atoms with Crippen molar-refractivity contribution >= 4 is 26.0 Å². The first-order valence-corrected chi connectivity index (χ1v) is 11.4. The SMILES string of the molecule is CS(=O)(=O)OCC(CBr)(COC(F)(F)C(F)(F)CC(F)(F)F)COC(F)(F)C(F)(F)CC(F)(F)F. The zero-order valence-corrected chi connectivity index (χ0v) is 19.3. The van der Waals surface area contributed by atoms with Gasteiger partial charge in [0.1, 0.15) is 12.8 Å². The summed E-state index contributed by atoms with van der Waals surface area (Å²) in [5.41, 5.74) is -2.86. The fourth-order valence-electron chi connectivity index (χ4n) is 1.88. The number of rotatable bonds is 14. The van der Waals surface area contributed by atoms with Crippen LogP contribution in [0.25, 0.3) is 0 Å². The summed E-state index contributed by atoms with van der Waals surface area (Å²) >= 11 is 2.42. The lowest BCUT2D eigenvalue weighted by Crippen LogP contribution is -2.52. The van der Waals surface area contributed by atoms with Crippen molar-refractivity contribution in [2.45, 2.75) is 49.3 Å². The molecule has 0 aliphatic carbocycles. The predicted molar refractivity (Wildman–Crippen MR) is 90.1 cm³/mol. The molecule has 0 spiro atoms. The Morgan fingerprint density at radius 1 is 0.629 bits per heavy atom. The van der Waals surface area contributed by atoms with Crippen molar-refractivity contribution in [3.8, 4) is 0 Å². The molecule has 0 saturated carbocycles. The molecule has 0 aromatic heterocycles. The van der Waals surface area contributed by atoms with E-state index in [2.05, 4.69) is 29.6 Å². The van der Waals surface area contributed by atoms with Crippen LogP contribution in [0.1, 0.15) is 12.8 Å². The molecule has 0 N–H and O–H groups in total. The lowest BCUT2D eigenvalue weighted by atomic mass is 9.94. The Morgan fingerprint density at radius 2 is 0.943 bits per heavy atom. The van der Waals surface area contributed by atoms with Crippen LogP contribution in [0.5, 0.6) is 0 Å². The van der Waals surface area contributed by atoms with Gasteiger partial charge < -0.3 is 9.47 Å². The lowest BCUT2D eigenvalue weighted by Gasteiger charge is -2.36. The number of halogens is 15. The van der Waals surface area contributed by atoms with Crippen molar-refractivity contribution in [1.29, 1.82) is 0 Å². The molecule has 0 amide bonds. The quantitative estimate of drug-likeness (QED) is 0.138. The summed E-state index contributed by atoms with van der Waals surface area (Å²) in [7, 11) is -4.58. The minimum atomic E-state index is -5.98. The molecule has 0 atom stereocenters. The van der Waals surface area contributed by atoms with E-state index in [-0.39, 0.29) is 0 Å². The van der Waals surface area contributed by atoms with Crippen LogP contribution in [0.15, 0.2) is 0 Å². The molecule has 212 valence electrons. The molecule has 35 heavy (non-hydrogen) atoms. The summed E-state index contributed by atoms with van der Waals surface area (Å²) in [4.78, 5) is 0. The lowest BCUT2D eigenvalue weighted by molar-refractivity contribution is -0.384. The molecule has 21 heteroatoms. The van der Waals surface area contributed by atoms with Crippen molar-refractivity contribution in [3.05, 3.63) is 0 Å². The van der Waals surface area contributed by atoms with Gasteiger partial charge in [0, 0.05) is 5.33 Å². The second-order valence-corrected chi connectivity index (χ2v) is 9.41. The average Bonchev–Trinajstić information content (AvgIpc) is 2.56. The maximum absolute atomic E-state index is 13.6. The molecule has 5 nitrogen and oxygen atoms in total. The fraction of sp³-hybridized carbons (Fsp3) is 1.00. The normalized spacial score (nSPS) is 15.5. The molecule has 0 aromatic carbocycles. The van der Waals surface area contributed by atoms with Crippen LogP contribution >= 0.6 is 15.9 Å². The molecule has 0 radical (unpaired) electrons. The van der Waals surface area contributed by atoms with Gasteiger partial charge in [-0.25, -0.2) is 0 Å². The van der Waals surface area contributed by atoms with E-state index in [9.17, 15) is 69.9 Å². The molecule has 0 bridgehead atoms. The number of alkyl halides is 15. The Balaban J connectivity index is 5.92. The third-order valence-electron chi connectivity index (χ3n) is 3.68. The largest absolute Gasteiger partial charge is 0.419 e. The molecule has 0 heterocycles. The van der Waals surface area contributed by atoms with Gasteiger partial charge in [-0.3, -0.25) is 4.18 Å². The Kier molecular flexibility index (Phi) is 10.8. The Morgan fingerprint density at radius 3 is 1.17 bits per heavy atom. The van der Waals surface area contributed by atoms with Crippen molar-refractivity contribution < 1.29 is 83.5 Å². The van der Waals surface area contributed by atoms with Gasteiger partial charge in [0.15, 0.2) is 0 Å². The first-order valence-electron chi connectivity index (χ1n) is 8.42. The van der Waals surface area contributed by atoms with Gasteiger partial charge >= 0.3 is 36.4 Å². The van der Waals surface area contributed by atoms with Crippen LogP contribution in [-0.4, -0.2) is 76.2 Å². The van der Waals surface area contributed by atoms with E-state index in [0.717, 1.165) is 0 Å². The Bertz CT molecular complexity index is 752.